The summed E-state index contributed by atoms with van der Waals surface area (Å²) in [6.45, 7) is 1.99. The van der Waals surface area contributed by atoms with Gasteiger partial charge in [-0.25, -0.2) is 12.7 Å². The molecule has 0 aliphatic carbocycles. The number of hydrogen-bond donors (Lipinski definition) is 1. The smallest absolute Gasteiger partial charge is 0.211 e. The Bertz CT molecular complexity index is 599. The van der Waals surface area contributed by atoms with Crippen LogP contribution in [0.25, 0.3) is 0 Å². The Morgan fingerprint density at radius 1 is 1.29 bits per heavy atom. The number of hydrogen-bond acceptors (Lipinski definition) is 3. The summed E-state index contributed by atoms with van der Waals surface area (Å²) in [6.07, 6.45) is 3.25. The highest BCUT2D eigenvalue weighted by Crippen LogP contribution is 2.34. The molecule has 0 radical (unpaired) electrons. The van der Waals surface area contributed by atoms with Crippen molar-refractivity contribution in [3.63, 3.8) is 0 Å². The second kappa shape index (κ2) is 7.29. The van der Waals surface area contributed by atoms with Gasteiger partial charge in [-0.1, -0.05) is 15.9 Å². The van der Waals surface area contributed by atoms with Crippen LogP contribution in [0.15, 0.2) is 25.6 Å². The largest absolute Gasteiger partial charge is 0.383 e. The van der Waals surface area contributed by atoms with E-state index >= 15 is 0 Å². The number of anilines is 1. The molecule has 0 saturated carbocycles. The van der Waals surface area contributed by atoms with Crippen LogP contribution in [0.2, 0.25) is 0 Å². The minimum absolute atomic E-state index is 0.330. The lowest BCUT2D eigenvalue weighted by molar-refractivity contribution is 0.277. The molecule has 0 bridgehead atoms. The third-order valence-electron chi connectivity index (χ3n) is 3.53. The molecule has 0 amide bonds. The van der Waals surface area contributed by atoms with Gasteiger partial charge in [-0.15, -0.1) is 0 Å². The van der Waals surface area contributed by atoms with Gasteiger partial charge in [0.1, 0.15) is 0 Å². The summed E-state index contributed by atoms with van der Waals surface area (Å²) in [6, 6.07) is 3.97. The Morgan fingerprint density at radius 2 is 1.90 bits per heavy atom. The van der Waals surface area contributed by atoms with Crippen LogP contribution in [-0.4, -0.2) is 38.6 Å². The number of nitrogens with zero attached hydrogens (tertiary/aromatic N) is 1. The van der Waals surface area contributed by atoms with E-state index in [1.54, 1.807) is 4.31 Å². The lowest BCUT2D eigenvalue weighted by Crippen LogP contribution is -2.41. The molecule has 1 aromatic carbocycles. The van der Waals surface area contributed by atoms with Gasteiger partial charge in [0.15, 0.2) is 0 Å². The molecular weight excluding hydrogens is 488 g/mol. The van der Waals surface area contributed by atoms with Crippen LogP contribution in [0.4, 0.5) is 5.69 Å². The lowest BCUT2D eigenvalue weighted by atomic mass is 9.99. The fourth-order valence-corrected chi connectivity index (χ4v) is 5.93. The minimum Gasteiger partial charge on any atom is -0.383 e. The molecule has 1 aromatic rings. The second-order valence-electron chi connectivity index (χ2n) is 5.25. The van der Waals surface area contributed by atoms with Crippen molar-refractivity contribution in [1.82, 2.24) is 4.31 Å². The van der Waals surface area contributed by atoms with Crippen LogP contribution in [0.3, 0.4) is 0 Å². The highest BCUT2D eigenvalue weighted by molar-refractivity contribution is 9.11. The van der Waals surface area contributed by atoms with Gasteiger partial charge in [0, 0.05) is 33.1 Å². The Balaban J connectivity index is 2.00. The quantitative estimate of drug-likeness (QED) is 0.673. The van der Waals surface area contributed by atoms with Crippen LogP contribution in [0.1, 0.15) is 12.8 Å². The number of benzene rings is 1. The highest BCUT2D eigenvalue weighted by Gasteiger charge is 2.25. The fourth-order valence-electron chi connectivity index (χ4n) is 2.45. The van der Waals surface area contributed by atoms with Gasteiger partial charge in [0.05, 0.1) is 11.9 Å². The van der Waals surface area contributed by atoms with E-state index in [4.69, 9.17) is 0 Å². The zero-order valence-electron chi connectivity index (χ0n) is 11.6. The van der Waals surface area contributed by atoms with Gasteiger partial charge in [-0.3, -0.25) is 0 Å². The number of piperidine rings is 1. The monoisotopic (exact) mass is 502 g/mol. The van der Waals surface area contributed by atoms with Crippen molar-refractivity contribution >= 4 is 63.5 Å². The fraction of sp³-hybridized carbons (Fsp3) is 0.538. The average molecular weight is 505 g/mol. The van der Waals surface area contributed by atoms with E-state index in [-0.39, 0.29) is 0 Å². The molecule has 1 atom stereocenters. The first-order valence-corrected chi connectivity index (χ1v) is 10.8. The molecular formula is C13H17Br3N2O2S. The topological polar surface area (TPSA) is 49.4 Å². The molecule has 1 saturated heterocycles. The predicted octanol–water partition coefficient (Wildman–Crippen LogP) is 4.06. The van der Waals surface area contributed by atoms with E-state index in [2.05, 4.69) is 53.1 Å². The molecule has 1 fully saturated rings. The summed E-state index contributed by atoms with van der Waals surface area (Å²) in [7, 11) is -3.08. The van der Waals surface area contributed by atoms with E-state index in [1.807, 2.05) is 12.1 Å². The van der Waals surface area contributed by atoms with Gasteiger partial charge in [-0.05, 0) is 62.8 Å². The Hall–Kier alpha value is 0.370. The van der Waals surface area contributed by atoms with Gasteiger partial charge < -0.3 is 5.32 Å². The maximum absolute atomic E-state index is 11.6. The van der Waals surface area contributed by atoms with Crippen LogP contribution in [0.5, 0.6) is 0 Å². The number of sulfonamides is 1. The Kier molecular flexibility index (Phi) is 6.15. The third kappa shape index (κ3) is 4.92. The lowest BCUT2D eigenvalue weighted by Gasteiger charge is -2.31. The zero-order valence-corrected chi connectivity index (χ0v) is 17.1. The predicted molar refractivity (Wildman–Crippen MR) is 97.2 cm³/mol. The standard InChI is InChI=1S/C13H17Br3N2O2S/c1-21(19,20)18-4-2-3-9(8-18)7-17-13-11(15)5-10(14)6-12(13)16/h5-6,9,17H,2-4,7-8H2,1H3. The maximum Gasteiger partial charge on any atom is 0.211 e. The molecule has 1 unspecified atom stereocenters. The van der Waals surface area contributed by atoms with Gasteiger partial charge in [-0.2, -0.15) is 0 Å². The second-order valence-corrected chi connectivity index (χ2v) is 9.86. The van der Waals surface area contributed by atoms with E-state index in [0.29, 0.717) is 19.0 Å². The van der Waals surface area contributed by atoms with E-state index < -0.39 is 10.0 Å². The number of nitrogens with one attached hydrogen (secondary N) is 1. The molecule has 0 spiro atoms. The molecule has 1 aliphatic heterocycles. The van der Waals surface area contributed by atoms with Gasteiger partial charge >= 0.3 is 0 Å². The zero-order chi connectivity index (χ0) is 15.6. The number of halogens is 3. The van der Waals surface area contributed by atoms with E-state index in [1.165, 1.54) is 6.26 Å². The van der Waals surface area contributed by atoms with Crippen molar-refractivity contribution in [3.05, 3.63) is 25.6 Å². The van der Waals surface area contributed by atoms with Crippen LogP contribution >= 0.6 is 47.8 Å². The molecule has 1 aliphatic rings. The first kappa shape index (κ1) is 17.7. The van der Waals surface area contributed by atoms with Crippen LogP contribution < -0.4 is 5.32 Å². The summed E-state index contributed by atoms with van der Waals surface area (Å²) in [5.74, 6) is 0.330. The van der Waals surface area contributed by atoms with Crippen molar-refractivity contribution < 1.29 is 8.42 Å². The van der Waals surface area contributed by atoms with Crippen LogP contribution in [-0.2, 0) is 10.0 Å². The van der Waals surface area contributed by atoms with Crippen LogP contribution in [0, 0.1) is 5.92 Å². The summed E-state index contributed by atoms with van der Waals surface area (Å²) in [5.41, 5.74) is 0.995. The van der Waals surface area contributed by atoms with Crippen molar-refractivity contribution in [3.8, 4) is 0 Å². The Morgan fingerprint density at radius 3 is 2.48 bits per heavy atom. The molecule has 4 nitrogen and oxygen atoms in total. The van der Waals surface area contributed by atoms with Crippen molar-refractivity contribution in [2.24, 2.45) is 5.92 Å². The van der Waals surface area contributed by atoms with E-state index in [9.17, 15) is 8.42 Å². The van der Waals surface area contributed by atoms with Crippen molar-refractivity contribution in [2.75, 3.05) is 31.2 Å². The molecule has 118 valence electrons. The third-order valence-corrected chi connectivity index (χ3v) is 6.50. The highest BCUT2D eigenvalue weighted by atomic mass is 79.9. The van der Waals surface area contributed by atoms with Gasteiger partial charge in [0.2, 0.25) is 10.0 Å². The molecule has 21 heavy (non-hydrogen) atoms. The molecule has 1 heterocycles. The summed E-state index contributed by atoms with van der Waals surface area (Å²) in [5, 5.41) is 3.41. The molecule has 2 rings (SSSR count). The summed E-state index contributed by atoms with van der Waals surface area (Å²) < 4.78 is 27.8. The van der Waals surface area contributed by atoms with Crippen molar-refractivity contribution in [1.29, 1.82) is 0 Å². The maximum atomic E-state index is 11.6. The Labute approximate surface area is 151 Å². The van der Waals surface area contributed by atoms with Gasteiger partial charge in [0.25, 0.3) is 0 Å². The molecule has 0 aromatic heterocycles. The molecule has 1 N–H and O–H groups in total. The van der Waals surface area contributed by atoms with Crippen molar-refractivity contribution in [2.45, 2.75) is 12.8 Å². The normalized spacial score (nSPS) is 20.5. The van der Waals surface area contributed by atoms with E-state index in [0.717, 1.165) is 38.5 Å². The first-order valence-electron chi connectivity index (χ1n) is 6.61. The summed E-state index contributed by atoms with van der Waals surface area (Å²) in [4.78, 5) is 0. The SMILES string of the molecule is CS(=O)(=O)N1CCCC(CNc2c(Br)cc(Br)cc2Br)C1. The first-order chi connectivity index (χ1) is 9.77. The number of rotatable bonds is 4. The molecule has 8 heteroatoms. The minimum atomic E-state index is -3.08. The summed E-state index contributed by atoms with van der Waals surface area (Å²) >= 11 is 10.5. The average Bonchev–Trinajstić information content (AvgIpc) is 2.36.